The molecular formula is C72H115NO8. The highest BCUT2D eigenvalue weighted by Gasteiger charge is 2.22. The molecule has 0 fully saturated rings. The first-order chi connectivity index (χ1) is 39.6. The number of carboxylic acid groups (broad SMARTS) is 1. The lowest BCUT2D eigenvalue weighted by atomic mass is 10.1. The van der Waals surface area contributed by atoms with Gasteiger partial charge in [-0.1, -0.05) is 236 Å². The second kappa shape index (κ2) is 61.0. The number of esters is 2. The predicted molar refractivity (Wildman–Crippen MR) is 342 cm³/mol. The van der Waals surface area contributed by atoms with Crippen molar-refractivity contribution >= 4 is 17.9 Å². The first-order valence-corrected chi connectivity index (χ1v) is 31.6. The number of carboxylic acids is 1. The fourth-order valence-electron chi connectivity index (χ4n) is 7.92. The zero-order chi connectivity index (χ0) is 59.1. The second-order valence-electron chi connectivity index (χ2n) is 21.6. The van der Waals surface area contributed by atoms with Crippen molar-refractivity contribution in [3.8, 4) is 0 Å². The molecule has 0 aliphatic heterocycles. The van der Waals surface area contributed by atoms with Gasteiger partial charge in [-0.3, -0.25) is 9.59 Å². The molecule has 9 nitrogen and oxygen atoms in total. The zero-order valence-corrected chi connectivity index (χ0v) is 51.8. The summed E-state index contributed by atoms with van der Waals surface area (Å²) in [6.45, 7) is 4.54. The Kier molecular flexibility index (Phi) is 57.2. The largest absolute Gasteiger partial charge is 0.545 e. The second-order valence-corrected chi connectivity index (χ2v) is 21.6. The number of hydrogen-bond acceptors (Lipinski definition) is 8. The quantitative estimate of drug-likeness (QED) is 0.0195. The molecule has 0 saturated carbocycles. The summed E-state index contributed by atoms with van der Waals surface area (Å²) in [6.07, 6.45) is 87.3. The maximum Gasteiger partial charge on any atom is 0.306 e. The van der Waals surface area contributed by atoms with Crippen molar-refractivity contribution in [2.75, 3.05) is 47.5 Å². The SMILES string of the molecule is CC/C=C\C/C=C\C/C=C\C/C=C\C/C=C\C/C=C\C/C=C\C/C=C\C/C=C\C/C=C\CCCCC(=O)OC(COC(=O)CCCCCCCCCC/C=C\C/C=C\C/C=C\CCCCCCC)COC(OCC[N+](C)(C)C)C(=O)[O-]. The third kappa shape index (κ3) is 62.4. The van der Waals surface area contributed by atoms with E-state index in [0.717, 1.165) is 122 Å². The molecule has 0 aromatic heterocycles. The smallest absolute Gasteiger partial charge is 0.306 e. The number of quaternary nitrogens is 1. The third-order valence-corrected chi connectivity index (χ3v) is 12.8. The van der Waals surface area contributed by atoms with E-state index in [2.05, 4.69) is 172 Å². The fourth-order valence-corrected chi connectivity index (χ4v) is 7.92. The molecule has 0 amide bonds. The van der Waals surface area contributed by atoms with Crippen LogP contribution in [0.4, 0.5) is 0 Å². The highest BCUT2D eigenvalue weighted by atomic mass is 16.7. The van der Waals surface area contributed by atoms with Gasteiger partial charge in [-0.25, -0.2) is 0 Å². The molecule has 0 aromatic rings. The van der Waals surface area contributed by atoms with Gasteiger partial charge in [0.2, 0.25) is 0 Å². The van der Waals surface area contributed by atoms with Gasteiger partial charge in [0.05, 0.1) is 40.3 Å². The monoisotopic (exact) mass is 1120 g/mol. The number of allylic oxidation sites excluding steroid dienone is 26. The van der Waals surface area contributed by atoms with Crippen LogP contribution in [0, 0.1) is 0 Å². The highest BCUT2D eigenvalue weighted by Crippen LogP contribution is 2.13. The molecule has 0 rings (SSSR count). The number of hydrogen-bond donors (Lipinski definition) is 0. The van der Waals surface area contributed by atoms with E-state index in [-0.39, 0.29) is 38.6 Å². The molecule has 0 aromatic carbocycles. The number of unbranched alkanes of at least 4 members (excludes halogenated alkanes) is 15. The number of rotatable bonds is 56. The Morgan fingerprint density at radius 1 is 0.383 bits per heavy atom. The van der Waals surface area contributed by atoms with E-state index in [0.29, 0.717) is 17.4 Å². The lowest BCUT2D eigenvalue weighted by Gasteiger charge is -2.26. The van der Waals surface area contributed by atoms with Crippen molar-refractivity contribution in [2.45, 2.75) is 232 Å². The van der Waals surface area contributed by atoms with E-state index in [1.54, 1.807) is 0 Å². The van der Waals surface area contributed by atoms with E-state index in [9.17, 15) is 19.5 Å². The van der Waals surface area contributed by atoms with Crippen molar-refractivity contribution in [2.24, 2.45) is 0 Å². The van der Waals surface area contributed by atoms with E-state index in [4.69, 9.17) is 18.9 Å². The van der Waals surface area contributed by atoms with E-state index in [1.807, 2.05) is 21.1 Å². The van der Waals surface area contributed by atoms with Gasteiger partial charge in [0.25, 0.3) is 0 Å². The number of likely N-dealkylation sites (N-methyl/N-ethyl adjacent to an activating group) is 1. The predicted octanol–water partition coefficient (Wildman–Crippen LogP) is 18.0. The summed E-state index contributed by atoms with van der Waals surface area (Å²) in [5, 5.41) is 11.8. The van der Waals surface area contributed by atoms with Gasteiger partial charge < -0.3 is 33.3 Å². The van der Waals surface area contributed by atoms with Crippen LogP contribution in [-0.2, 0) is 33.3 Å². The Labute approximate surface area is 495 Å². The minimum Gasteiger partial charge on any atom is -0.545 e. The molecule has 0 spiro atoms. The van der Waals surface area contributed by atoms with Gasteiger partial charge in [-0.05, 0) is 128 Å². The number of aliphatic carboxylic acids is 1. The first-order valence-electron chi connectivity index (χ1n) is 31.6. The summed E-state index contributed by atoms with van der Waals surface area (Å²) >= 11 is 0. The summed E-state index contributed by atoms with van der Waals surface area (Å²) in [4.78, 5) is 37.4. The van der Waals surface area contributed by atoms with Crippen molar-refractivity contribution < 1.29 is 42.9 Å². The molecule has 0 N–H and O–H groups in total. The Hall–Kier alpha value is -5.09. The number of nitrogens with zero attached hydrogens (tertiary/aromatic N) is 1. The van der Waals surface area contributed by atoms with Crippen LogP contribution in [0.15, 0.2) is 158 Å². The molecule has 9 heteroatoms. The molecular weight excluding hydrogens is 1010 g/mol. The Morgan fingerprint density at radius 3 is 1.07 bits per heavy atom. The Bertz CT molecular complexity index is 1880. The van der Waals surface area contributed by atoms with Crippen molar-refractivity contribution in [3.05, 3.63) is 158 Å². The number of ether oxygens (including phenoxy) is 4. The number of carbonyl (C=O) groups is 3. The molecule has 0 radical (unpaired) electrons. The minimum absolute atomic E-state index is 0.128. The molecule has 0 aliphatic carbocycles. The molecule has 0 aliphatic rings. The molecule has 456 valence electrons. The number of carbonyl (C=O) groups excluding carboxylic acids is 3. The average molecular weight is 1120 g/mol. The lowest BCUT2D eigenvalue weighted by molar-refractivity contribution is -0.870. The van der Waals surface area contributed by atoms with Gasteiger partial charge in [-0.2, -0.15) is 0 Å². The third-order valence-electron chi connectivity index (χ3n) is 12.8. The maximum atomic E-state index is 12.9. The first kappa shape index (κ1) is 75.9. The van der Waals surface area contributed by atoms with Gasteiger partial charge in [0.15, 0.2) is 12.4 Å². The Balaban J connectivity index is 4.37. The lowest BCUT2D eigenvalue weighted by Crippen LogP contribution is -2.44. The van der Waals surface area contributed by atoms with Crippen molar-refractivity contribution in [1.82, 2.24) is 0 Å². The van der Waals surface area contributed by atoms with Crippen LogP contribution < -0.4 is 5.11 Å². The van der Waals surface area contributed by atoms with E-state index < -0.39 is 24.3 Å². The van der Waals surface area contributed by atoms with Crippen LogP contribution in [0.2, 0.25) is 0 Å². The maximum absolute atomic E-state index is 12.9. The van der Waals surface area contributed by atoms with E-state index in [1.165, 1.54) is 64.2 Å². The van der Waals surface area contributed by atoms with Gasteiger partial charge in [0, 0.05) is 12.8 Å². The van der Waals surface area contributed by atoms with Gasteiger partial charge in [0.1, 0.15) is 13.2 Å². The van der Waals surface area contributed by atoms with Crippen LogP contribution in [0.1, 0.15) is 219 Å². The minimum atomic E-state index is -1.65. The molecule has 2 unspecified atom stereocenters. The van der Waals surface area contributed by atoms with E-state index >= 15 is 0 Å². The molecule has 81 heavy (non-hydrogen) atoms. The van der Waals surface area contributed by atoms with Crippen LogP contribution in [0.5, 0.6) is 0 Å². The molecule has 2 atom stereocenters. The topological polar surface area (TPSA) is 111 Å². The van der Waals surface area contributed by atoms with Gasteiger partial charge in [-0.15, -0.1) is 0 Å². The van der Waals surface area contributed by atoms with Gasteiger partial charge >= 0.3 is 11.9 Å². The van der Waals surface area contributed by atoms with Crippen LogP contribution >= 0.6 is 0 Å². The average Bonchev–Trinajstić information content (AvgIpc) is 3.44. The zero-order valence-electron chi connectivity index (χ0n) is 51.8. The summed E-state index contributed by atoms with van der Waals surface area (Å²) < 4.78 is 22.7. The standard InChI is InChI=1S/C72H115NO8/c1-6-8-10-12-14-16-18-20-22-24-26-28-30-31-32-33-34-35-36-37-38-39-41-43-45-47-49-51-53-55-57-59-61-63-70(75)81-68(67-80-72(71(76)77)78-65-64-73(3,4)5)66-79-69(74)62-60-58-56-54-52-50-48-46-44-42-40-29-27-25-23-21-19-17-15-13-11-9-7-2/h8,10,14,16,19-22,25-28,31-32,34-35,37-38,40-43,47,49,53,55,68,72H,6-7,9,11-13,15,17-18,23-24,29-30,33,36,39,44-46,48,50-52,54,56-67H2,1-5H3/b10-8-,16-14-,21-19-,22-20-,27-25-,28-26-,32-31-,35-34-,38-37-,42-40-,43-41-,49-47-,55-53-. The normalized spacial score (nSPS) is 13.8. The molecule has 0 heterocycles. The Morgan fingerprint density at radius 2 is 0.704 bits per heavy atom. The van der Waals surface area contributed by atoms with Crippen LogP contribution in [-0.4, -0.2) is 82.3 Å². The summed E-state index contributed by atoms with van der Waals surface area (Å²) in [5.41, 5.74) is 0. The summed E-state index contributed by atoms with van der Waals surface area (Å²) in [5.74, 6) is -2.37. The molecule has 0 bridgehead atoms. The molecule has 0 saturated heterocycles. The van der Waals surface area contributed by atoms with Crippen LogP contribution in [0.3, 0.4) is 0 Å². The van der Waals surface area contributed by atoms with Crippen molar-refractivity contribution in [1.29, 1.82) is 0 Å². The summed E-state index contributed by atoms with van der Waals surface area (Å²) in [7, 11) is 5.89. The highest BCUT2D eigenvalue weighted by molar-refractivity contribution is 5.70. The van der Waals surface area contributed by atoms with Crippen LogP contribution in [0.25, 0.3) is 0 Å². The fraction of sp³-hybridized carbons (Fsp3) is 0.597. The van der Waals surface area contributed by atoms with Crippen molar-refractivity contribution in [3.63, 3.8) is 0 Å². The summed E-state index contributed by atoms with van der Waals surface area (Å²) in [6, 6.07) is 0.